The van der Waals surface area contributed by atoms with E-state index < -0.39 is 26.5 Å². The van der Waals surface area contributed by atoms with E-state index in [1.807, 2.05) is 42.5 Å². The summed E-state index contributed by atoms with van der Waals surface area (Å²) in [7, 11) is -3.77. The molecule has 0 aliphatic carbocycles. The van der Waals surface area contributed by atoms with E-state index in [1.165, 1.54) is 25.1 Å². The minimum atomic E-state index is -3.77. The van der Waals surface area contributed by atoms with Gasteiger partial charge in [0.15, 0.2) is 9.84 Å². The largest absolute Gasteiger partial charge is 0.491 e. The highest BCUT2D eigenvalue weighted by Crippen LogP contribution is 2.32. The summed E-state index contributed by atoms with van der Waals surface area (Å²) < 4.78 is 58.1. The van der Waals surface area contributed by atoms with Gasteiger partial charge in [0.25, 0.3) is 5.91 Å². The molecular weight excluding hydrogens is 548 g/mol. The van der Waals surface area contributed by atoms with Gasteiger partial charge in [-0.25, -0.2) is 22.2 Å². The van der Waals surface area contributed by atoms with E-state index in [0.29, 0.717) is 22.6 Å². The third-order valence-corrected chi connectivity index (χ3v) is 8.36. The number of carbonyl (C=O) groups excluding carboxylic acids is 1. The number of aromatic nitrogens is 2. The summed E-state index contributed by atoms with van der Waals surface area (Å²) in [5, 5.41) is 0. The van der Waals surface area contributed by atoms with Crippen LogP contribution >= 0.6 is 0 Å². The summed E-state index contributed by atoms with van der Waals surface area (Å²) in [6.07, 6.45) is 0.932. The van der Waals surface area contributed by atoms with E-state index in [2.05, 4.69) is 9.97 Å². The highest BCUT2D eigenvalue weighted by atomic mass is 32.2. The fraction of sp³-hybridized carbons (Fsp3) is 0.161. The lowest BCUT2D eigenvalue weighted by Gasteiger charge is -2.21. The number of amides is 1. The maximum atomic E-state index is 14.9. The third-order valence-electron chi connectivity index (χ3n) is 7.24. The molecule has 0 atom stereocenters. The molecule has 0 spiro atoms. The van der Waals surface area contributed by atoms with Crippen LogP contribution in [-0.2, 0) is 16.4 Å². The molecule has 208 valence electrons. The van der Waals surface area contributed by atoms with Gasteiger partial charge in [0.1, 0.15) is 34.7 Å². The Morgan fingerprint density at radius 3 is 2.44 bits per heavy atom. The second kappa shape index (κ2) is 10.1. The fourth-order valence-corrected chi connectivity index (χ4v) is 5.83. The quantitative estimate of drug-likeness (QED) is 0.288. The van der Waals surface area contributed by atoms with E-state index in [1.54, 1.807) is 11.0 Å². The number of halogens is 2. The Hall–Kier alpha value is -4.57. The zero-order valence-electron chi connectivity index (χ0n) is 22.2. The number of benzene rings is 4. The molecule has 1 aliphatic heterocycles. The number of hydrogen-bond acceptors (Lipinski definition) is 5. The fourth-order valence-electron chi connectivity index (χ4n) is 5.03. The van der Waals surface area contributed by atoms with Crippen molar-refractivity contribution in [2.24, 2.45) is 0 Å². The molecule has 1 N–H and O–H groups in total. The maximum absolute atomic E-state index is 14.9. The van der Waals surface area contributed by atoms with Gasteiger partial charge in [-0.3, -0.25) is 4.79 Å². The molecule has 0 saturated carbocycles. The zero-order valence-corrected chi connectivity index (χ0v) is 23.1. The molecule has 1 aliphatic rings. The maximum Gasteiger partial charge on any atom is 0.254 e. The number of H-pyrrole nitrogens is 1. The number of sulfone groups is 1. The van der Waals surface area contributed by atoms with Gasteiger partial charge in [-0.05, 0) is 66.1 Å². The molecule has 0 radical (unpaired) electrons. The standard InChI is InChI=1S/C31H25F2N3O4S/c1-18-24(9-12-28(29(18)33)41(2,38)39)31(37)36-13-14-40-27-11-7-21(15-22(27)17-36)19-3-5-20(6-4-19)30-34-25-10-8-23(32)16-26(25)35-30/h3-12,15-16H,13-14,17H2,1-2H3,(H,34,35). The van der Waals surface area contributed by atoms with Crippen LogP contribution in [0.2, 0.25) is 0 Å². The van der Waals surface area contributed by atoms with Gasteiger partial charge in [-0.1, -0.05) is 30.3 Å². The molecule has 10 heteroatoms. The van der Waals surface area contributed by atoms with E-state index in [-0.39, 0.29) is 36.6 Å². The minimum absolute atomic E-state index is 0.00765. The lowest BCUT2D eigenvalue weighted by Crippen LogP contribution is -2.33. The van der Waals surface area contributed by atoms with Gasteiger partial charge in [-0.2, -0.15) is 0 Å². The normalized spacial score (nSPS) is 13.5. The number of hydrogen-bond donors (Lipinski definition) is 1. The Bertz CT molecular complexity index is 1940. The van der Waals surface area contributed by atoms with Crippen LogP contribution in [0.15, 0.2) is 77.7 Å². The molecule has 0 bridgehead atoms. The Morgan fingerprint density at radius 1 is 0.951 bits per heavy atom. The second-order valence-electron chi connectivity index (χ2n) is 10.0. The van der Waals surface area contributed by atoms with Crippen molar-refractivity contribution < 1.29 is 26.7 Å². The predicted octanol–water partition coefficient (Wildman–Crippen LogP) is 5.92. The number of fused-ring (bicyclic) bond motifs is 2. The summed E-state index contributed by atoms with van der Waals surface area (Å²) >= 11 is 0. The Kier molecular flexibility index (Phi) is 6.57. The van der Waals surface area contributed by atoms with Crippen LogP contribution in [0.25, 0.3) is 33.5 Å². The van der Waals surface area contributed by atoms with Crippen molar-refractivity contribution in [2.75, 3.05) is 19.4 Å². The van der Waals surface area contributed by atoms with Crippen LogP contribution in [-0.4, -0.2) is 48.6 Å². The van der Waals surface area contributed by atoms with E-state index >= 15 is 0 Å². The topological polar surface area (TPSA) is 92.4 Å². The highest BCUT2D eigenvalue weighted by Gasteiger charge is 2.26. The molecule has 5 aromatic rings. The Morgan fingerprint density at radius 2 is 1.68 bits per heavy atom. The second-order valence-corrected chi connectivity index (χ2v) is 12.0. The minimum Gasteiger partial charge on any atom is -0.491 e. The number of aromatic amines is 1. The van der Waals surface area contributed by atoms with Crippen LogP contribution in [0.5, 0.6) is 5.75 Å². The monoisotopic (exact) mass is 573 g/mol. The van der Waals surface area contributed by atoms with Crippen molar-refractivity contribution in [3.8, 4) is 28.3 Å². The van der Waals surface area contributed by atoms with Crippen molar-refractivity contribution in [1.82, 2.24) is 14.9 Å². The molecule has 1 amide bonds. The SMILES string of the molecule is Cc1c(C(=O)N2CCOc3ccc(-c4ccc(-c5nc6ccc(F)cc6[nH]5)cc4)cc3C2)ccc(S(C)(=O)=O)c1F. The average Bonchev–Trinajstić information content (AvgIpc) is 3.24. The van der Waals surface area contributed by atoms with Crippen LogP contribution in [0, 0.1) is 18.6 Å². The van der Waals surface area contributed by atoms with Crippen molar-refractivity contribution in [3.63, 3.8) is 0 Å². The first-order valence-corrected chi connectivity index (χ1v) is 14.8. The summed E-state index contributed by atoms with van der Waals surface area (Å²) in [6.45, 7) is 2.19. The Labute approximate surface area is 235 Å². The first kappa shape index (κ1) is 26.6. The number of rotatable bonds is 4. The van der Waals surface area contributed by atoms with Crippen molar-refractivity contribution in [1.29, 1.82) is 0 Å². The number of imidazole rings is 1. The predicted molar refractivity (Wildman–Crippen MR) is 151 cm³/mol. The lowest BCUT2D eigenvalue weighted by molar-refractivity contribution is 0.0731. The molecule has 6 rings (SSSR count). The number of ether oxygens (including phenoxy) is 1. The van der Waals surface area contributed by atoms with Crippen molar-refractivity contribution in [2.45, 2.75) is 18.4 Å². The van der Waals surface area contributed by atoms with Gasteiger partial charge < -0.3 is 14.6 Å². The van der Waals surface area contributed by atoms with E-state index in [9.17, 15) is 22.0 Å². The molecule has 2 heterocycles. The summed E-state index contributed by atoms with van der Waals surface area (Å²) in [5.41, 5.74) is 4.91. The van der Waals surface area contributed by atoms with Crippen LogP contribution < -0.4 is 4.74 Å². The molecule has 41 heavy (non-hydrogen) atoms. The van der Waals surface area contributed by atoms with Gasteiger partial charge in [0, 0.05) is 29.5 Å². The molecule has 7 nitrogen and oxygen atoms in total. The van der Waals surface area contributed by atoms with Crippen LogP contribution in [0.3, 0.4) is 0 Å². The molecule has 4 aromatic carbocycles. The van der Waals surface area contributed by atoms with Gasteiger partial charge >= 0.3 is 0 Å². The summed E-state index contributed by atoms with van der Waals surface area (Å²) in [5.74, 6) is -0.352. The van der Waals surface area contributed by atoms with Crippen LogP contribution in [0.1, 0.15) is 21.5 Å². The molecule has 0 saturated heterocycles. The lowest BCUT2D eigenvalue weighted by atomic mass is 10.0. The van der Waals surface area contributed by atoms with E-state index in [4.69, 9.17) is 4.74 Å². The number of nitrogens with zero attached hydrogens (tertiary/aromatic N) is 2. The Balaban J connectivity index is 1.26. The number of carbonyl (C=O) groups is 1. The first-order chi connectivity index (χ1) is 19.6. The van der Waals surface area contributed by atoms with Crippen LogP contribution in [0.4, 0.5) is 8.78 Å². The smallest absolute Gasteiger partial charge is 0.254 e. The third kappa shape index (κ3) is 5.06. The van der Waals surface area contributed by atoms with Crippen molar-refractivity contribution >= 4 is 26.8 Å². The van der Waals surface area contributed by atoms with Gasteiger partial charge in [0.2, 0.25) is 0 Å². The number of nitrogens with one attached hydrogen (secondary N) is 1. The van der Waals surface area contributed by atoms with E-state index in [0.717, 1.165) is 34.6 Å². The summed E-state index contributed by atoms with van der Waals surface area (Å²) in [4.78, 5) is 22.3. The molecule has 1 aromatic heterocycles. The van der Waals surface area contributed by atoms with Gasteiger partial charge in [0.05, 0.1) is 17.6 Å². The van der Waals surface area contributed by atoms with Gasteiger partial charge in [-0.15, -0.1) is 0 Å². The molecule has 0 unspecified atom stereocenters. The first-order valence-electron chi connectivity index (χ1n) is 12.9. The molecule has 0 fully saturated rings. The summed E-state index contributed by atoms with van der Waals surface area (Å²) in [6, 6.07) is 20.5. The zero-order chi connectivity index (χ0) is 28.9. The highest BCUT2D eigenvalue weighted by molar-refractivity contribution is 7.90. The average molecular weight is 574 g/mol. The molecular formula is C31H25F2N3O4S. The van der Waals surface area contributed by atoms with Crippen molar-refractivity contribution in [3.05, 3.63) is 101 Å².